The number of hydrogen-bond acceptors (Lipinski definition) is 5. The maximum absolute atomic E-state index is 13.1. The van der Waals surface area contributed by atoms with Gasteiger partial charge < -0.3 is 14.7 Å². The first-order chi connectivity index (χ1) is 15.4. The average molecular weight is 438 g/mol. The molecule has 1 N–H and O–H groups in total. The second-order valence-electron chi connectivity index (χ2n) is 9.09. The standard InChI is InChI=1S/C26H35N3O3/c1-5-21-8-7-20(14-27-21)26(31)29-16-22-13-23(29)15-28(22)19(4)24-9-10-25(18(3)17(24)2)32-12-6-11-30/h7-10,14,19,22-23,30H,5-6,11-13,15-16H2,1-4H3/t19-,22+,23+/m0/s1. The maximum atomic E-state index is 13.1. The van der Waals surface area contributed by atoms with E-state index in [2.05, 4.69) is 49.7 Å². The van der Waals surface area contributed by atoms with E-state index in [9.17, 15) is 4.79 Å². The quantitative estimate of drug-likeness (QED) is 0.638. The molecule has 6 heteroatoms. The van der Waals surface area contributed by atoms with Crippen LogP contribution in [0.3, 0.4) is 0 Å². The minimum Gasteiger partial charge on any atom is -0.493 e. The normalized spacial score (nSPS) is 21.2. The van der Waals surface area contributed by atoms with E-state index in [0.717, 1.165) is 42.9 Å². The predicted molar refractivity (Wildman–Crippen MR) is 125 cm³/mol. The number of piperazine rings is 1. The van der Waals surface area contributed by atoms with E-state index >= 15 is 0 Å². The van der Waals surface area contributed by atoms with Crippen LogP contribution in [0.1, 0.15) is 65.5 Å². The van der Waals surface area contributed by atoms with Gasteiger partial charge in [0.05, 0.1) is 12.2 Å². The molecule has 2 aromatic rings. The highest BCUT2D eigenvalue weighted by Gasteiger charge is 2.47. The van der Waals surface area contributed by atoms with Gasteiger partial charge in [0.1, 0.15) is 5.75 Å². The summed E-state index contributed by atoms with van der Waals surface area (Å²) in [7, 11) is 0. The fourth-order valence-corrected chi connectivity index (χ4v) is 5.20. The molecule has 0 radical (unpaired) electrons. The number of aryl methyl sites for hydroxylation is 1. The number of pyridine rings is 1. The van der Waals surface area contributed by atoms with Crippen molar-refractivity contribution in [3.8, 4) is 5.75 Å². The lowest BCUT2D eigenvalue weighted by molar-refractivity contribution is 0.0568. The molecule has 2 aliphatic heterocycles. The Hall–Kier alpha value is -2.44. The molecule has 0 aliphatic carbocycles. The summed E-state index contributed by atoms with van der Waals surface area (Å²) in [6, 6.07) is 9.05. The van der Waals surface area contributed by atoms with Crippen LogP contribution in [0, 0.1) is 13.8 Å². The molecule has 6 nitrogen and oxygen atoms in total. The molecule has 3 atom stereocenters. The van der Waals surface area contributed by atoms with Crippen LogP contribution in [0.25, 0.3) is 0 Å². The predicted octanol–water partition coefficient (Wildman–Crippen LogP) is 3.68. The van der Waals surface area contributed by atoms with Crippen LogP contribution in [0.5, 0.6) is 5.75 Å². The molecule has 0 unspecified atom stereocenters. The Balaban J connectivity index is 1.43. The Morgan fingerprint density at radius 3 is 2.62 bits per heavy atom. The van der Waals surface area contributed by atoms with Crippen molar-refractivity contribution in [2.75, 3.05) is 26.3 Å². The first-order valence-corrected chi connectivity index (χ1v) is 11.8. The van der Waals surface area contributed by atoms with Gasteiger partial charge >= 0.3 is 0 Å². The summed E-state index contributed by atoms with van der Waals surface area (Å²) >= 11 is 0. The van der Waals surface area contributed by atoms with Crippen LogP contribution in [0.2, 0.25) is 0 Å². The first kappa shape index (κ1) is 22.7. The van der Waals surface area contributed by atoms with Crippen molar-refractivity contribution in [2.24, 2.45) is 0 Å². The highest BCUT2D eigenvalue weighted by atomic mass is 16.5. The van der Waals surface area contributed by atoms with E-state index in [1.54, 1.807) is 6.20 Å². The number of rotatable bonds is 8. The van der Waals surface area contributed by atoms with Crippen molar-refractivity contribution in [3.05, 3.63) is 58.4 Å². The number of likely N-dealkylation sites (tertiary alicyclic amines) is 2. The lowest BCUT2D eigenvalue weighted by Crippen LogP contribution is -2.49. The molecular weight excluding hydrogens is 402 g/mol. The molecule has 1 aromatic heterocycles. The van der Waals surface area contributed by atoms with Gasteiger partial charge in [-0.3, -0.25) is 14.7 Å². The summed E-state index contributed by atoms with van der Waals surface area (Å²) in [5, 5.41) is 8.98. The van der Waals surface area contributed by atoms with Crippen LogP contribution >= 0.6 is 0 Å². The summed E-state index contributed by atoms with van der Waals surface area (Å²) in [4.78, 5) is 22.1. The van der Waals surface area contributed by atoms with Crippen LogP contribution in [-0.2, 0) is 6.42 Å². The van der Waals surface area contributed by atoms with E-state index in [1.807, 2.05) is 17.0 Å². The van der Waals surface area contributed by atoms with Crippen molar-refractivity contribution in [1.82, 2.24) is 14.8 Å². The summed E-state index contributed by atoms with van der Waals surface area (Å²) in [5.74, 6) is 1.01. The average Bonchev–Trinajstić information content (AvgIpc) is 3.42. The number of aliphatic hydroxyl groups is 1. The lowest BCUT2D eigenvalue weighted by Gasteiger charge is -2.38. The van der Waals surface area contributed by atoms with Crippen LogP contribution < -0.4 is 4.74 Å². The monoisotopic (exact) mass is 437 g/mol. The molecule has 32 heavy (non-hydrogen) atoms. The molecule has 0 saturated carbocycles. The Labute approximate surface area is 191 Å². The third-order valence-electron chi connectivity index (χ3n) is 7.26. The molecule has 1 aromatic carbocycles. The molecule has 1 amide bonds. The molecule has 2 saturated heterocycles. The van der Waals surface area contributed by atoms with Gasteiger partial charge in [-0.2, -0.15) is 0 Å². The minimum absolute atomic E-state index is 0.108. The van der Waals surface area contributed by atoms with E-state index in [0.29, 0.717) is 24.6 Å². The number of aliphatic hydroxyl groups excluding tert-OH is 1. The lowest BCUT2D eigenvalue weighted by atomic mass is 9.96. The SMILES string of the molecule is CCc1ccc(C(=O)N2C[C@H]3C[C@@H]2CN3[C@@H](C)c2ccc(OCCCO)c(C)c2C)cn1. The van der Waals surface area contributed by atoms with Crippen molar-refractivity contribution >= 4 is 5.91 Å². The highest BCUT2D eigenvalue weighted by Crippen LogP contribution is 2.39. The smallest absolute Gasteiger partial charge is 0.255 e. The number of aromatic nitrogens is 1. The number of benzene rings is 1. The summed E-state index contributed by atoms with van der Waals surface area (Å²) in [6.07, 6.45) is 4.28. The first-order valence-electron chi connectivity index (χ1n) is 11.8. The largest absolute Gasteiger partial charge is 0.493 e. The van der Waals surface area contributed by atoms with Crippen LogP contribution in [-0.4, -0.2) is 64.2 Å². The zero-order chi connectivity index (χ0) is 22.8. The molecule has 4 rings (SSSR count). The van der Waals surface area contributed by atoms with E-state index < -0.39 is 0 Å². The maximum Gasteiger partial charge on any atom is 0.255 e. The van der Waals surface area contributed by atoms with Gasteiger partial charge in [0.15, 0.2) is 0 Å². The van der Waals surface area contributed by atoms with Gasteiger partial charge in [0.25, 0.3) is 5.91 Å². The number of fused-ring (bicyclic) bond motifs is 2. The second kappa shape index (κ2) is 9.59. The van der Waals surface area contributed by atoms with Crippen molar-refractivity contribution in [1.29, 1.82) is 0 Å². The van der Waals surface area contributed by atoms with Crippen LogP contribution in [0.15, 0.2) is 30.5 Å². The Kier molecular flexibility index (Phi) is 6.82. The van der Waals surface area contributed by atoms with Gasteiger partial charge in [-0.05, 0) is 68.5 Å². The third-order valence-corrected chi connectivity index (χ3v) is 7.26. The van der Waals surface area contributed by atoms with E-state index in [-0.39, 0.29) is 24.6 Å². The minimum atomic E-state index is 0.108. The highest BCUT2D eigenvalue weighted by molar-refractivity contribution is 5.94. The number of carbonyl (C=O) groups excluding carboxylic acids is 1. The van der Waals surface area contributed by atoms with Gasteiger partial charge in [-0.25, -0.2) is 0 Å². The summed E-state index contributed by atoms with van der Waals surface area (Å²) in [6.45, 7) is 11.0. The van der Waals surface area contributed by atoms with E-state index in [1.165, 1.54) is 11.1 Å². The topological polar surface area (TPSA) is 65.9 Å². The molecule has 2 fully saturated rings. The fourth-order valence-electron chi connectivity index (χ4n) is 5.20. The molecule has 0 spiro atoms. The Morgan fingerprint density at radius 1 is 1.19 bits per heavy atom. The van der Waals surface area contributed by atoms with E-state index in [4.69, 9.17) is 9.84 Å². The Bertz CT molecular complexity index is 960. The summed E-state index contributed by atoms with van der Waals surface area (Å²) in [5.41, 5.74) is 5.45. The molecule has 3 heterocycles. The fraction of sp³-hybridized carbons (Fsp3) is 0.538. The summed E-state index contributed by atoms with van der Waals surface area (Å²) < 4.78 is 5.84. The molecule has 2 bridgehead atoms. The van der Waals surface area contributed by atoms with Crippen molar-refractivity contribution < 1.29 is 14.6 Å². The second-order valence-corrected chi connectivity index (χ2v) is 9.09. The van der Waals surface area contributed by atoms with Crippen molar-refractivity contribution in [3.63, 3.8) is 0 Å². The molecule has 2 aliphatic rings. The number of ether oxygens (including phenoxy) is 1. The molecule has 172 valence electrons. The number of carbonyl (C=O) groups is 1. The van der Waals surface area contributed by atoms with Gasteiger partial charge in [-0.1, -0.05) is 13.0 Å². The van der Waals surface area contributed by atoms with Gasteiger partial charge in [0.2, 0.25) is 0 Å². The number of hydrogen-bond donors (Lipinski definition) is 1. The number of amides is 1. The zero-order valence-electron chi connectivity index (χ0n) is 19.7. The third kappa shape index (κ3) is 4.26. The Morgan fingerprint density at radius 2 is 2.00 bits per heavy atom. The number of nitrogens with zero attached hydrogens (tertiary/aromatic N) is 3. The van der Waals surface area contributed by atoms with Crippen LogP contribution in [0.4, 0.5) is 0 Å². The molecular formula is C26H35N3O3. The zero-order valence-corrected chi connectivity index (χ0v) is 19.7. The van der Waals surface area contributed by atoms with Gasteiger partial charge in [0, 0.05) is 56.1 Å². The van der Waals surface area contributed by atoms with Gasteiger partial charge in [-0.15, -0.1) is 0 Å². The van der Waals surface area contributed by atoms with Crippen molar-refractivity contribution in [2.45, 2.75) is 65.1 Å².